The summed E-state index contributed by atoms with van der Waals surface area (Å²) in [5.41, 5.74) is 7.13. The number of unbranched alkanes of at least 4 members (excludes halogenated alkanes) is 1. The van der Waals surface area contributed by atoms with Crippen molar-refractivity contribution >= 4 is 0 Å². The number of hydrogen-bond donors (Lipinski definition) is 3. The molecule has 0 aromatic heterocycles. The molecule has 0 heterocycles. The molecule has 130 valence electrons. The maximum Gasteiger partial charge on any atom is 0.0749 e. The number of aliphatic hydroxyl groups is 2. The van der Waals surface area contributed by atoms with Crippen LogP contribution in [0.25, 0.3) is 0 Å². The van der Waals surface area contributed by atoms with Crippen molar-refractivity contribution in [2.45, 2.75) is 70.0 Å². The molecule has 5 atom stereocenters. The van der Waals surface area contributed by atoms with E-state index in [1.54, 1.807) is 5.57 Å². The summed E-state index contributed by atoms with van der Waals surface area (Å²) in [6.45, 7) is 0.764. The maximum atomic E-state index is 10.4. The fourth-order valence-electron chi connectivity index (χ4n) is 5.06. The average Bonchev–Trinajstić information content (AvgIpc) is 3.22. The minimum atomic E-state index is -0.315. The average molecular weight is 319 g/mol. The van der Waals surface area contributed by atoms with Gasteiger partial charge in [-0.3, -0.25) is 0 Å². The van der Waals surface area contributed by atoms with Crippen LogP contribution in [0.5, 0.6) is 0 Å². The lowest BCUT2D eigenvalue weighted by Gasteiger charge is -2.19. The quantitative estimate of drug-likeness (QED) is 0.520. The van der Waals surface area contributed by atoms with Crippen LogP contribution in [-0.4, -0.2) is 29.0 Å². The first kappa shape index (κ1) is 17.2. The summed E-state index contributed by atoms with van der Waals surface area (Å²) in [6, 6.07) is 0. The first-order valence-electron chi connectivity index (χ1n) is 9.61. The molecule has 0 unspecified atom stereocenters. The van der Waals surface area contributed by atoms with Crippen LogP contribution in [0.2, 0.25) is 0 Å². The first-order chi connectivity index (χ1) is 11.2. The van der Waals surface area contributed by atoms with E-state index in [4.69, 9.17) is 5.73 Å². The van der Waals surface area contributed by atoms with E-state index in [2.05, 4.69) is 12.2 Å². The SMILES string of the molecule is NCCCC=C1C[C@H]2C[C@@H](O)[C@H](C=C[C@@H](O)C3CCCC3)[C@H]2C1. The van der Waals surface area contributed by atoms with E-state index in [0.717, 1.165) is 51.5 Å². The molecule has 0 aliphatic heterocycles. The lowest BCUT2D eigenvalue weighted by atomic mass is 9.89. The number of rotatable bonds is 6. The number of nitrogens with two attached hydrogens (primary N) is 1. The van der Waals surface area contributed by atoms with Crippen molar-refractivity contribution in [1.82, 2.24) is 0 Å². The second kappa shape index (κ2) is 7.96. The second-order valence-electron chi connectivity index (χ2n) is 7.93. The number of hydrogen-bond acceptors (Lipinski definition) is 3. The van der Waals surface area contributed by atoms with Crippen LogP contribution < -0.4 is 5.73 Å². The molecule has 3 fully saturated rings. The number of fused-ring (bicyclic) bond motifs is 1. The summed E-state index contributed by atoms with van der Waals surface area (Å²) in [4.78, 5) is 0. The van der Waals surface area contributed by atoms with Gasteiger partial charge in [-0.25, -0.2) is 0 Å². The molecule has 3 nitrogen and oxygen atoms in total. The summed E-state index contributed by atoms with van der Waals surface area (Å²) in [6.07, 6.45) is 16.1. The normalized spacial score (nSPS) is 38.0. The van der Waals surface area contributed by atoms with E-state index < -0.39 is 0 Å². The van der Waals surface area contributed by atoms with Gasteiger partial charge in [0.25, 0.3) is 0 Å². The Kier molecular flexibility index (Phi) is 5.95. The van der Waals surface area contributed by atoms with E-state index in [1.807, 2.05) is 6.08 Å². The second-order valence-corrected chi connectivity index (χ2v) is 7.93. The Hall–Kier alpha value is -0.640. The number of aliphatic hydroxyl groups excluding tert-OH is 2. The molecule has 3 aliphatic rings. The Morgan fingerprint density at radius 3 is 2.74 bits per heavy atom. The summed E-state index contributed by atoms with van der Waals surface area (Å²) < 4.78 is 0. The van der Waals surface area contributed by atoms with Gasteiger partial charge in [0.15, 0.2) is 0 Å². The monoisotopic (exact) mass is 319 g/mol. The van der Waals surface area contributed by atoms with Gasteiger partial charge < -0.3 is 15.9 Å². The van der Waals surface area contributed by atoms with Gasteiger partial charge in [-0.15, -0.1) is 0 Å². The van der Waals surface area contributed by atoms with Crippen molar-refractivity contribution in [3.8, 4) is 0 Å². The first-order valence-corrected chi connectivity index (χ1v) is 9.61. The van der Waals surface area contributed by atoms with Crippen molar-refractivity contribution in [2.75, 3.05) is 6.54 Å². The minimum absolute atomic E-state index is 0.220. The van der Waals surface area contributed by atoms with Crippen LogP contribution in [0.3, 0.4) is 0 Å². The minimum Gasteiger partial charge on any atom is -0.392 e. The van der Waals surface area contributed by atoms with Gasteiger partial charge in [-0.1, -0.05) is 36.6 Å². The Morgan fingerprint density at radius 2 is 2.00 bits per heavy atom. The van der Waals surface area contributed by atoms with Crippen molar-refractivity contribution in [3.63, 3.8) is 0 Å². The van der Waals surface area contributed by atoms with E-state index in [-0.39, 0.29) is 18.1 Å². The van der Waals surface area contributed by atoms with Crippen molar-refractivity contribution in [1.29, 1.82) is 0 Å². The Bertz CT molecular complexity index is 439. The van der Waals surface area contributed by atoms with Gasteiger partial charge in [0.1, 0.15) is 0 Å². The Morgan fingerprint density at radius 1 is 1.22 bits per heavy atom. The molecule has 0 bridgehead atoms. The summed E-state index contributed by atoms with van der Waals surface area (Å²) >= 11 is 0. The maximum absolute atomic E-state index is 10.4. The van der Waals surface area contributed by atoms with Crippen LogP contribution in [-0.2, 0) is 0 Å². The molecule has 3 aliphatic carbocycles. The molecule has 0 amide bonds. The zero-order valence-corrected chi connectivity index (χ0v) is 14.2. The zero-order chi connectivity index (χ0) is 16.2. The predicted octanol–water partition coefficient (Wildman–Crippen LogP) is 3.17. The predicted molar refractivity (Wildman–Crippen MR) is 93.8 cm³/mol. The molecule has 0 aromatic rings. The van der Waals surface area contributed by atoms with E-state index in [9.17, 15) is 10.2 Å². The van der Waals surface area contributed by atoms with Gasteiger partial charge in [0.2, 0.25) is 0 Å². The van der Waals surface area contributed by atoms with Crippen molar-refractivity contribution in [3.05, 3.63) is 23.8 Å². The van der Waals surface area contributed by atoms with E-state index in [1.165, 1.54) is 12.8 Å². The molecule has 3 heteroatoms. The van der Waals surface area contributed by atoms with Crippen molar-refractivity contribution in [2.24, 2.45) is 29.4 Å². The fraction of sp³-hybridized carbons (Fsp3) is 0.800. The van der Waals surface area contributed by atoms with Gasteiger partial charge in [0, 0.05) is 5.92 Å². The lowest BCUT2D eigenvalue weighted by molar-refractivity contribution is 0.135. The Balaban J connectivity index is 1.57. The lowest BCUT2D eigenvalue weighted by Crippen LogP contribution is -2.19. The van der Waals surface area contributed by atoms with Crippen LogP contribution >= 0.6 is 0 Å². The molecule has 0 aromatic carbocycles. The largest absolute Gasteiger partial charge is 0.392 e. The standard InChI is InChI=1S/C20H33NO2/c21-10-4-3-5-14-11-16-13-20(23)17(18(16)12-14)8-9-19(22)15-6-1-2-7-15/h5,8-9,15-20,22-23H,1-4,6-7,10-13,21H2/t16-,17+,18-,19+,20+/m0/s1. The van der Waals surface area contributed by atoms with Crippen molar-refractivity contribution < 1.29 is 10.2 Å². The fourth-order valence-corrected chi connectivity index (χ4v) is 5.06. The van der Waals surface area contributed by atoms with Gasteiger partial charge in [-0.2, -0.15) is 0 Å². The summed E-state index contributed by atoms with van der Waals surface area (Å²) in [5.74, 6) is 1.88. The van der Waals surface area contributed by atoms with Crippen LogP contribution in [0.15, 0.2) is 23.8 Å². The third-order valence-corrected chi connectivity index (χ3v) is 6.37. The highest BCUT2D eigenvalue weighted by Crippen LogP contribution is 2.50. The highest BCUT2D eigenvalue weighted by atomic mass is 16.3. The van der Waals surface area contributed by atoms with E-state index >= 15 is 0 Å². The molecule has 3 saturated carbocycles. The molecular weight excluding hydrogens is 286 g/mol. The highest BCUT2D eigenvalue weighted by Gasteiger charge is 2.45. The summed E-state index contributed by atoms with van der Waals surface area (Å²) in [5, 5.41) is 20.7. The molecule has 23 heavy (non-hydrogen) atoms. The molecule has 0 saturated heterocycles. The van der Waals surface area contributed by atoms with Crippen LogP contribution in [0, 0.1) is 23.7 Å². The van der Waals surface area contributed by atoms with E-state index in [0.29, 0.717) is 17.8 Å². The molecule has 3 rings (SSSR count). The van der Waals surface area contributed by atoms with Gasteiger partial charge >= 0.3 is 0 Å². The third kappa shape index (κ3) is 4.07. The Labute approximate surface area is 140 Å². The van der Waals surface area contributed by atoms with Gasteiger partial charge in [-0.05, 0) is 69.2 Å². The topological polar surface area (TPSA) is 66.5 Å². The molecule has 0 spiro atoms. The zero-order valence-electron chi connectivity index (χ0n) is 14.2. The number of allylic oxidation sites excluding steroid dienone is 2. The third-order valence-electron chi connectivity index (χ3n) is 6.37. The molecule has 4 N–H and O–H groups in total. The molecular formula is C20H33NO2. The molecule has 0 radical (unpaired) electrons. The smallest absolute Gasteiger partial charge is 0.0749 e. The van der Waals surface area contributed by atoms with Crippen LogP contribution in [0.4, 0.5) is 0 Å². The summed E-state index contributed by atoms with van der Waals surface area (Å²) in [7, 11) is 0. The van der Waals surface area contributed by atoms with Gasteiger partial charge in [0.05, 0.1) is 12.2 Å². The highest BCUT2D eigenvalue weighted by molar-refractivity contribution is 5.18. The van der Waals surface area contributed by atoms with Crippen LogP contribution in [0.1, 0.15) is 57.8 Å².